The van der Waals surface area contributed by atoms with E-state index in [-0.39, 0.29) is 6.04 Å². The third-order valence-corrected chi connectivity index (χ3v) is 2.42. The van der Waals surface area contributed by atoms with Gasteiger partial charge in [-0.3, -0.25) is 4.79 Å². The normalized spacial score (nSPS) is 19.0. The maximum absolute atomic E-state index is 11.1. The van der Waals surface area contributed by atoms with Gasteiger partial charge in [0.2, 0.25) is 0 Å². The van der Waals surface area contributed by atoms with Crippen LogP contribution in [0.2, 0.25) is 0 Å². The highest BCUT2D eigenvalue weighted by Gasteiger charge is 2.21. The van der Waals surface area contributed by atoms with E-state index in [1.54, 1.807) is 0 Å². The standard InChI is InChI=1S/C9H16N2O3/c1-11-5-3-7(4-6-11)10-8(12)9(13)14-2/h7H,3-6H2,1-2H3,(H,10,12). The largest absolute Gasteiger partial charge is 0.462 e. The van der Waals surface area contributed by atoms with Crippen LogP contribution in [0.5, 0.6) is 0 Å². The molecule has 1 rings (SSSR count). The minimum absolute atomic E-state index is 0.109. The average Bonchev–Trinajstić information content (AvgIpc) is 2.20. The van der Waals surface area contributed by atoms with Crippen molar-refractivity contribution in [2.45, 2.75) is 18.9 Å². The fraction of sp³-hybridized carbons (Fsp3) is 0.778. The number of methoxy groups -OCH3 is 1. The van der Waals surface area contributed by atoms with Crippen molar-refractivity contribution in [2.75, 3.05) is 27.2 Å². The summed E-state index contributed by atoms with van der Waals surface area (Å²) in [6.07, 6.45) is 1.78. The van der Waals surface area contributed by atoms with E-state index in [2.05, 4.69) is 15.0 Å². The summed E-state index contributed by atoms with van der Waals surface area (Å²) in [6, 6.07) is 0.109. The van der Waals surface area contributed by atoms with Crippen LogP contribution >= 0.6 is 0 Å². The van der Waals surface area contributed by atoms with Crippen LogP contribution < -0.4 is 5.32 Å². The molecule has 0 radical (unpaired) electrons. The number of nitrogens with zero attached hydrogens (tertiary/aromatic N) is 1. The van der Waals surface area contributed by atoms with Gasteiger partial charge in [-0.2, -0.15) is 0 Å². The average molecular weight is 200 g/mol. The van der Waals surface area contributed by atoms with Gasteiger partial charge in [0.05, 0.1) is 7.11 Å². The van der Waals surface area contributed by atoms with Crippen LogP contribution in [0.1, 0.15) is 12.8 Å². The Kier molecular flexibility index (Phi) is 3.88. The highest BCUT2D eigenvalue weighted by molar-refractivity contribution is 6.32. The fourth-order valence-corrected chi connectivity index (χ4v) is 1.49. The lowest BCUT2D eigenvalue weighted by molar-refractivity contribution is -0.153. The molecule has 1 fully saturated rings. The Balaban J connectivity index is 2.31. The van der Waals surface area contributed by atoms with Crippen molar-refractivity contribution in [3.8, 4) is 0 Å². The summed E-state index contributed by atoms with van der Waals surface area (Å²) in [6.45, 7) is 1.90. The Hall–Kier alpha value is -1.10. The van der Waals surface area contributed by atoms with E-state index in [1.807, 2.05) is 7.05 Å². The summed E-state index contributed by atoms with van der Waals surface area (Å²) in [5.74, 6) is -1.45. The van der Waals surface area contributed by atoms with Crippen LogP contribution in [0.4, 0.5) is 0 Å². The summed E-state index contributed by atoms with van der Waals surface area (Å²) >= 11 is 0. The molecular formula is C9H16N2O3. The maximum atomic E-state index is 11.1. The molecule has 0 spiro atoms. The predicted molar refractivity (Wildman–Crippen MR) is 50.7 cm³/mol. The molecule has 0 unspecified atom stereocenters. The number of amides is 1. The molecule has 1 N–H and O–H groups in total. The van der Waals surface area contributed by atoms with Gasteiger partial charge in [-0.1, -0.05) is 0 Å². The second kappa shape index (κ2) is 4.95. The SMILES string of the molecule is COC(=O)C(=O)NC1CCN(C)CC1. The van der Waals surface area contributed by atoms with Gasteiger partial charge in [0.25, 0.3) is 0 Å². The zero-order valence-corrected chi connectivity index (χ0v) is 8.58. The first-order chi connectivity index (χ1) is 6.63. The molecule has 1 aliphatic heterocycles. The van der Waals surface area contributed by atoms with Crippen molar-refractivity contribution in [1.29, 1.82) is 0 Å². The van der Waals surface area contributed by atoms with Crippen LogP contribution in [0, 0.1) is 0 Å². The first-order valence-electron chi connectivity index (χ1n) is 4.71. The molecule has 1 saturated heterocycles. The summed E-state index contributed by atoms with van der Waals surface area (Å²) < 4.78 is 4.31. The Morgan fingerprint density at radius 3 is 2.43 bits per heavy atom. The smallest absolute Gasteiger partial charge is 0.396 e. The third kappa shape index (κ3) is 2.99. The molecule has 80 valence electrons. The quantitative estimate of drug-likeness (QED) is 0.452. The van der Waals surface area contributed by atoms with E-state index in [4.69, 9.17) is 0 Å². The van der Waals surface area contributed by atoms with E-state index in [0.29, 0.717) is 0 Å². The molecule has 1 amide bonds. The monoisotopic (exact) mass is 200 g/mol. The van der Waals surface area contributed by atoms with Crippen LogP contribution in [0.25, 0.3) is 0 Å². The maximum Gasteiger partial charge on any atom is 0.396 e. The molecule has 0 bridgehead atoms. The van der Waals surface area contributed by atoms with E-state index < -0.39 is 11.9 Å². The predicted octanol–water partition coefficient (Wildman–Crippen LogP) is -0.630. The van der Waals surface area contributed by atoms with Crippen molar-refractivity contribution >= 4 is 11.9 Å². The van der Waals surface area contributed by atoms with Crippen LogP contribution in [-0.4, -0.2) is 50.1 Å². The highest BCUT2D eigenvalue weighted by Crippen LogP contribution is 2.07. The fourth-order valence-electron chi connectivity index (χ4n) is 1.49. The van der Waals surface area contributed by atoms with Crippen molar-refractivity contribution < 1.29 is 14.3 Å². The first kappa shape index (κ1) is 11.0. The zero-order chi connectivity index (χ0) is 10.6. The van der Waals surface area contributed by atoms with Crippen LogP contribution in [0.3, 0.4) is 0 Å². The van der Waals surface area contributed by atoms with Gasteiger partial charge in [0.1, 0.15) is 0 Å². The number of carbonyl (C=O) groups excluding carboxylic acids is 2. The number of piperidine rings is 1. The van der Waals surface area contributed by atoms with Crippen LogP contribution in [-0.2, 0) is 14.3 Å². The van der Waals surface area contributed by atoms with Crippen molar-refractivity contribution in [2.24, 2.45) is 0 Å². The number of likely N-dealkylation sites (tertiary alicyclic amines) is 1. The van der Waals surface area contributed by atoms with Gasteiger partial charge < -0.3 is 15.0 Å². The number of rotatable bonds is 1. The molecule has 1 heterocycles. The molecule has 0 aliphatic carbocycles. The van der Waals surface area contributed by atoms with Crippen molar-refractivity contribution in [3.05, 3.63) is 0 Å². The van der Waals surface area contributed by atoms with Gasteiger partial charge >= 0.3 is 11.9 Å². The molecule has 14 heavy (non-hydrogen) atoms. The summed E-state index contributed by atoms with van der Waals surface area (Å²) in [5, 5.41) is 2.65. The minimum Gasteiger partial charge on any atom is -0.462 e. The van der Waals surface area contributed by atoms with E-state index in [1.165, 1.54) is 7.11 Å². The van der Waals surface area contributed by atoms with Crippen molar-refractivity contribution in [3.63, 3.8) is 0 Å². The molecular weight excluding hydrogens is 184 g/mol. The topological polar surface area (TPSA) is 58.6 Å². The minimum atomic E-state index is -0.816. The highest BCUT2D eigenvalue weighted by atomic mass is 16.5. The first-order valence-corrected chi connectivity index (χ1v) is 4.71. The lowest BCUT2D eigenvalue weighted by Gasteiger charge is -2.29. The van der Waals surface area contributed by atoms with Crippen molar-refractivity contribution in [1.82, 2.24) is 10.2 Å². The zero-order valence-electron chi connectivity index (χ0n) is 8.58. The van der Waals surface area contributed by atoms with Gasteiger partial charge in [0, 0.05) is 6.04 Å². The molecule has 5 nitrogen and oxygen atoms in total. The summed E-state index contributed by atoms with van der Waals surface area (Å²) in [7, 11) is 3.24. The number of esters is 1. The molecule has 1 aliphatic rings. The number of ether oxygens (including phenoxy) is 1. The lowest BCUT2D eigenvalue weighted by atomic mass is 10.1. The summed E-state index contributed by atoms with van der Waals surface area (Å²) in [4.78, 5) is 24.1. The molecule has 0 aromatic heterocycles. The van der Waals surface area contributed by atoms with Gasteiger partial charge in [-0.05, 0) is 33.0 Å². The molecule has 0 saturated carbocycles. The Bertz CT molecular complexity index is 222. The second-order valence-corrected chi connectivity index (χ2v) is 3.54. The molecule has 0 aromatic rings. The Morgan fingerprint density at radius 1 is 1.36 bits per heavy atom. The summed E-state index contributed by atoms with van der Waals surface area (Å²) in [5.41, 5.74) is 0. The van der Waals surface area contributed by atoms with Crippen LogP contribution in [0.15, 0.2) is 0 Å². The van der Waals surface area contributed by atoms with E-state index >= 15 is 0 Å². The number of carbonyl (C=O) groups is 2. The molecule has 0 atom stereocenters. The molecule has 5 heteroatoms. The van der Waals surface area contributed by atoms with E-state index in [9.17, 15) is 9.59 Å². The van der Waals surface area contributed by atoms with Gasteiger partial charge in [-0.15, -0.1) is 0 Å². The van der Waals surface area contributed by atoms with Gasteiger partial charge in [-0.25, -0.2) is 4.79 Å². The number of hydrogen-bond donors (Lipinski definition) is 1. The lowest BCUT2D eigenvalue weighted by Crippen LogP contribution is -2.45. The Morgan fingerprint density at radius 2 is 1.93 bits per heavy atom. The van der Waals surface area contributed by atoms with E-state index in [0.717, 1.165) is 25.9 Å². The second-order valence-electron chi connectivity index (χ2n) is 3.54. The number of nitrogens with one attached hydrogen (secondary N) is 1. The number of hydrogen-bond acceptors (Lipinski definition) is 4. The Labute approximate surface area is 83.4 Å². The molecule has 0 aromatic carbocycles. The third-order valence-electron chi connectivity index (χ3n) is 2.42. The van der Waals surface area contributed by atoms with Gasteiger partial charge in [0.15, 0.2) is 0 Å².